The number of aromatic carboxylic acids is 1. The average molecular weight is 340 g/mol. The number of rotatable bonds is 5. The zero-order valence-electron chi connectivity index (χ0n) is 12.3. The number of hydrogen-bond donors (Lipinski definition) is 1. The van der Waals surface area contributed by atoms with Gasteiger partial charge in [-0.15, -0.1) is 11.3 Å². The second-order valence-corrected chi connectivity index (χ2v) is 7.00. The zero-order valence-corrected chi connectivity index (χ0v) is 13.9. The lowest BCUT2D eigenvalue weighted by molar-refractivity contribution is 0.0690. The van der Waals surface area contributed by atoms with E-state index in [0.717, 1.165) is 34.4 Å². The van der Waals surface area contributed by atoms with Gasteiger partial charge in [0.05, 0.1) is 6.04 Å². The number of carboxylic acid groups (broad SMARTS) is 1. The highest BCUT2D eigenvalue weighted by molar-refractivity contribution is 7.12. The molecule has 1 N–H and O–H groups in total. The highest BCUT2D eigenvalue weighted by Gasteiger charge is 2.32. The number of nitrogens with zero attached hydrogens (tertiary/aromatic N) is 4. The summed E-state index contributed by atoms with van der Waals surface area (Å²) in [7, 11) is 1.62. The van der Waals surface area contributed by atoms with E-state index in [1.807, 2.05) is 0 Å². The van der Waals surface area contributed by atoms with E-state index in [1.165, 1.54) is 22.9 Å². The summed E-state index contributed by atoms with van der Waals surface area (Å²) in [4.78, 5) is 22.9. The van der Waals surface area contributed by atoms with Crippen LogP contribution in [0.2, 0.25) is 0 Å². The fraction of sp³-hybridized carbons (Fsp3) is 0.538. The Kier molecular flexibility index (Phi) is 4.37. The Morgan fingerprint density at radius 3 is 3.00 bits per heavy atom. The van der Waals surface area contributed by atoms with Crippen LogP contribution in [0.5, 0.6) is 0 Å². The first kappa shape index (κ1) is 15.3. The molecule has 118 valence electrons. The lowest BCUT2D eigenvalue weighted by atomic mass is 10.2. The Morgan fingerprint density at radius 1 is 1.50 bits per heavy atom. The Morgan fingerprint density at radius 2 is 2.32 bits per heavy atom. The van der Waals surface area contributed by atoms with Crippen LogP contribution in [-0.2, 0) is 11.3 Å². The fourth-order valence-corrected chi connectivity index (χ4v) is 4.37. The van der Waals surface area contributed by atoms with Crippen molar-refractivity contribution in [1.82, 2.24) is 14.3 Å². The predicted molar refractivity (Wildman–Crippen MR) is 83.8 cm³/mol. The van der Waals surface area contributed by atoms with Crippen molar-refractivity contribution in [1.29, 1.82) is 0 Å². The van der Waals surface area contributed by atoms with Gasteiger partial charge in [0.15, 0.2) is 11.5 Å². The van der Waals surface area contributed by atoms with E-state index in [4.69, 9.17) is 9.84 Å². The van der Waals surface area contributed by atoms with Crippen molar-refractivity contribution in [3.8, 4) is 0 Å². The van der Waals surface area contributed by atoms with Crippen LogP contribution in [0.15, 0.2) is 0 Å². The van der Waals surface area contributed by atoms with Gasteiger partial charge in [-0.3, -0.25) is 0 Å². The van der Waals surface area contributed by atoms with E-state index in [0.29, 0.717) is 12.4 Å². The molecule has 2 aromatic heterocycles. The molecule has 1 saturated heterocycles. The summed E-state index contributed by atoms with van der Waals surface area (Å²) in [6.45, 7) is 3.08. The molecule has 0 saturated carbocycles. The summed E-state index contributed by atoms with van der Waals surface area (Å²) in [5.74, 6) is -0.294. The first-order valence-corrected chi connectivity index (χ1v) is 8.48. The lowest BCUT2D eigenvalue weighted by Gasteiger charge is -2.21. The molecule has 0 radical (unpaired) electrons. The number of carbonyl (C=O) groups is 1. The van der Waals surface area contributed by atoms with E-state index in [9.17, 15) is 4.79 Å². The van der Waals surface area contributed by atoms with Gasteiger partial charge in [0.25, 0.3) is 0 Å². The average Bonchev–Trinajstić information content (AvgIpc) is 3.16. The zero-order chi connectivity index (χ0) is 15.7. The summed E-state index contributed by atoms with van der Waals surface area (Å²) in [5, 5.41) is 10.9. The van der Waals surface area contributed by atoms with E-state index in [1.54, 1.807) is 14.0 Å². The molecule has 1 fully saturated rings. The number of thiazole rings is 1. The van der Waals surface area contributed by atoms with Crippen molar-refractivity contribution >= 4 is 34.0 Å². The third-order valence-corrected chi connectivity index (χ3v) is 5.39. The number of aromatic nitrogens is 3. The molecule has 9 heteroatoms. The quantitative estimate of drug-likeness (QED) is 0.894. The Hall–Kier alpha value is -1.58. The molecule has 1 unspecified atom stereocenters. The number of hydrogen-bond acceptors (Lipinski definition) is 8. The van der Waals surface area contributed by atoms with Gasteiger partial charge < -0.3 is 14.7 Å². The second kappa shape index (κ2) is 6.27. The fourth-order valence-electron chi connectivity index (χ4n) is 2.56. The van der Waals surface area contributed by atoms with Gasteiger partial charge in [-0.05, 0) is 19.8 Å². The molecule has 1 aliphatic rings. The van der Waals surface area contributed by atoms with Crippen molar-refractivity contribution in [2.24, 2.45) is 0 Å². The summed E-state index contributed by atoms with van der Waals surface area (Å²) in [6.07, 6.45) is 1.98. The van der Waals surface area contributed by atoms with Gasteiger partial charge >= 0.3 is 5.97 Å². The molecule has 0 aromatic carbocycles. The molecule has 3 rings (SSSR count). The minimum Gasteiger partial charge on any atom is -0.476 e. The van der Waals surface area contributed by atoms with Crippen LogP contribution in [0.1, 0.15) is 45.1 Å². The standard InChI is InChI=1S/C13H16N4O3S2/c1-7-10(12(18)19)15-11(21-7)8-4-3-5-17(8)13-14-9(6-20-2)16-22-13/h8H,3-6H2,1-2H3,(H,18,19). The summed E-state index contributed by atoms with van der Waals surface area (Å²) >= 11 is 2.80. The minimum absolute atomic E-state index is 0.0835. The van der Waals surface area contributed by atoms with Gasteiger partial charge in [0.2, 0.25) is 5.13 Å². The molecule has 0 aliphatic carbocycles. The molecule has 1 atom stereocenters. The van der Waals surface area contributed by atoms with Crippen molar-refractivity contribution < 1.29 is 14.6 Å². The molecular formula is C13H16N4O3S2. The first-order chi connectivity index (χ1) is 10.6. The Bertz CT molecular complexity index is 685. The van der Waals surface area contributed by atoms with E-state index >= 15 is 0 Å². The van der Waals surface area contributed by atoms with Gasteiger partial charge in [-0.1, -0.05) is 0 Å². The van der Waals surface area contributed by atoms with E-state index in [2.05, 4.69) is 19.2 Å². The number of anilines is 1. The van der Waals surface area contributed by atoms with Crippen molar-refractivity contribution in [3.63, 3.8) is 0 Å². The van der Waals surface area contributed by atoms with Crippen molar-refractivity contribution in [3.05, 3.63) is 21.4 Å². The van der Waals surface area contributed by atoms with E-state index in [-0.39, 0.29) is 11.7 Å². The molecule has 0 bridgehead atoms. The van der Waals surface area contributed by atoms with Crippen LogP contribution < -0.4 is 4.90 Å². The Balaban J connectivity index is 1.86. The van der Waals surface area contributed by atoms with Crippen LogP contribution >= 0.6 is 22.9 Å². The number of carboxylic acids is 1. The highest BCUT2D eigenvalue weighted by atomic mass is 32.1. The normalized spacial score (nSPS) is 18.1. The third-order valence-electron chi connectivity index (χ3n) is 3.53. The largest absolute Gasteiger partial charge is 0.476 e. The van der Waals surface area contributed by atoms with Crippen LogP contribution in [0.4, 0.5) is 5.13 Å². The molecule has 0 amide bonds. The van der Waals surface area contributed by atoms with Gasteiger partial charge in [-0.2, -0.15) is 4.37 Å². The molecular weight excluding hydrogens is 324 g/mol. The van der Waals surface area contributed by atoms with Crippen LogP contribution in [-0.4, -0.2) is 39.1 Å². The number of methoxy groups -OCH3 is 1. The number of aryl methyl sites for hydroxylation is 1. The molecule has 7 nitrogen and oxygen atoms in total. The monoisotopic (exact) mass is 340 g/mol. The van der Waals surface area contributed by atoms with Crippen LogP contribution in [0.3, 0.4) is 0 Å². The van der Waals surface area contributed by atoms with Crippen molar-refractivity contribution in [2.45, 2.75) is 32.4 Å². The first-order valence-electron chi connectivity index (χ1n) is 6.89. The molecule has 1 aliphatic heterocycles. The van der Waals surface area contributed by atoms with Crippen LogP contribution in [0.25, 0.3) is 0 Å². The third kappa shape index (κ3) is 2.83. The molecule has 0 spiro atoms. The summed E-state index contributed by atoms with van der Waals surface area (Å²) < 4.78 is 9.33. The lowest BCUT2D eigenvalue weighted by Crippen LogP contribution is -2.22. The highest BCUT2D eigenvalue weighted by Crippen LogP contribution is 2.39. The summed E-state index contributed by atoms with van der Waals surface area (Å²) in [6, 6.07) is 0.0835. The molecule has 3 heterocycles. The van der Waals surface area contributed by atoms with Gasteiger partial charge in [-0.25, -0.2) is 14.8 Å². The minimum atomic E-state index is -0.970. The smallest absolute Gasteiger partial charge is 0.355 e. The molecule has 2 aromatic rings. The molecule has 22 heavy (non-hydrogen) atoms. The van der Waals surface area contributed by atoms with E-state index < -0.39 is 5.97 Å². The van der Waals surface area contributed by atoms with Crippen molar-refractivity contribution in [2.75, 3.05) is 18.6 Å². The van der Waals surface area contributed by atoms with Gasteiger partial charge in [0.1, 0.15) is 11.6 Å². The SMILES string of the molecule is COCc1nsc(N2CCCC2c2nc(C(=O)O)c(C)s2)n1. The Labute approximate surface area is 135 Å². The maximum Gasteiger partial charge on any atom is 0.355 e. The predicted octanol–water partition coefficient (Wildman–Crippen LogP) is 2.49. The maximum atomic E-state index is 11.2. The topological polar surface area (TPSA) is 88.4 Å². The maximum absolute atomic E-state index is 11.2. The summed E-state index contributed by atoms with van der Waals surface area (Å²) in [5.41, 5.74) is 0.157. The number of ether oxygens (including phenoxy) is 1. The van der Waals surface area contributed by atoms with Gasteiger partial charge in [0, 0.05) is 30.1 Å². The second-order valence-electron chi connectivity index (χ2n) is 5.04. The van der Waals surface area contributed by atoms with Crippen LogP contribution in [0, 0.1) is 6.92 Å².